The Hall–Kier alpha value is -0.180. The van der Waals surface area contributed by atoms with Crippen molar-refractivity contribution in [2.24, 2.45) is 5.41 Å². The molecule has 1 amide bonds. The summed E-state index contributed by atoms with van der Waals surface area (Å²) < 4.78 is 0. The molecule has 2 nitrogen and oxygen atoms in total. The largest absolute Gasteiger partial charge is 0.350 e. The molecule has 0 aliphatic carbocycles. The van der Waals surface area contributed by atoms with Gasteiger partial charge in [0, 0.05) is 16.7 Å². The second-order valence-corrected chi connectivity index (χ2v) is 5.09. The standard InChI is InChI=1S/C10H21NOS/c1-6-10(5,7-13)11-8(12)9(2,3)4/h13H,6-7H2,1-5H3,(H,11,12). The number of hydrogen-bond donors (Lipinski definition) is 2. The van der Waals surface area contributed by atoms with E-state index in [4.69, 9.17) is 0 Å². The molecular formula is C10H21NOS. The van der Waals surface area contributed by atoms with Gasteiger partial charge in [-0.1, -0.05) is 27.7 Å². The molecule has 0 aliphatic heterocycles. The molecule has 0 aromatic heterocycles. The van der Waals surface area contributed by atoms with E-state index in [0.717, 1.165) is 6.42 Å². The fourth-order valence-corrected chi connectivity index (χ4v) is 1.00. The van der Waals surface area contributed by atoms with Gasteiger partial charge in [0.2, 0.25) is 5.91 Å². The first-order valence-corrected chi connectivity index (χ1v) is 5.32. The van der Waals surface area contributed by atoms with E-state index in [1.54, 1.807) is 0 Å². The predicted octanol–water partition coefficient (Wildman–Crippen LogP) is 2.25. The summed E-state index contributed by atoms with van der Waals surface area (Å²) in [7, 11) is 0. The predicted molar refractivity (Wildman–Crippen MR) is 60.1 cm³/mol. The van der Waals surface area contributed by atoms with E-state index in [-0.39, 0.29) is 16.9 Å². The van der Waals surface area contributed by atoms with E-state index >= 15 is 0 Å². The maximum Gasteiger partial charge on any atom is 0.225 e. The van der Waals surface area contributed by atoms with Gasteiger partial charge in [-0.05, 0) is 13.3 Å². The van der Waals surface area contributed by atoms with Gasteiger partial charge in [-0.25, -0.2) is 0 Å². The third-order valence-electron chi connectivity index (χ3n) is 2.23. The number of thiol groups is 1. The molecule has 0 saturated carbocycles. The molecule has 0 aliphatic rings. The summed E-state index contributed by atoms with van der Waals surface area (Å²) in [5.74, 6) is 0.761. The van der Waals surface area contributed by atoms with Crippen LogP contribution in [0, 0.1) is 5.41 Å². The van der Waals surface area contributed by atoms with Crippen LogP contribution in [0.4, 0.5) is 0 Å². The molecule has 1 unspecified atom stereocenters. The van der Waals surface area contributed by atoms with E-state index in [9.17, 15) is 4.79 Å². The Morgan fingerprint density at radius 1 is 1.31 bits per heavy atom. The van der Waals surface area contributed by atoms with E-state index in [1.165, 1.54) is 0 Å². The zero-order valence-electron chi connectivity index (χ0n) is 9.27. The number of carbonyl (C=O) groups excluding carboxylic acids is 1. The molecule has 0 bridgehead atoms. The van der Waals surface area contributed by atoms with E-state index in [2.05, 4.69) is 24.9 Å². The molecule has 0 radical (unpaired) electrons. The lowest BCUT2D eigenvalue weighted by atomic mass is 9.92. The van der Waals surface area contributed by atoms with Gasteiger partial charge in [0.1, 0.15) is 0 Å². The van der Waals surface area contributed by atoms with Crippen LogP contribution in [-0.2, 0) is 4.79 Å². The molecule has 0 spiro atoms. The maximum atomic E-state index is 11.7. The van der Waals surface area contributed by atoms with Gasteiger partial charge < -0.3 is 5.32 Å². The number of hydrogen-bond acceptors (Lipinski definition) is 2. The van der Waals surface area contributed by atoms with Crippen LogP contribution in [-0.4, -0.2) is 17.2 Å². The SMILES string of the molecule is CCC(C)(CS)NC(=O)C(C)(C)C. The second kappa shape index (κ2) is 4.36. The van der Waals surface area contributed by atoms with Crippen molar-refractivity contribution in [3.8, 4) is 0 Å². The molecule has 13 heavy (non-hydrogen) atoms. The first kappa shape index (κ1) is 12.8. The van der Waals surface area contributed by atoms with Crippen molar-refractivity contribution in [1.82, 2.24) is 5.32 Å². The minimum atomic E-state index is -0.320. The van der Waals surface area contributed by atoms with Crippen molar-refractivity contribution < 1.29 is 4.79 Å². The van der Waals surface area contributed by atoms with E-state index in [1.807, 2.05) is 27.7 Å². The Morgan fingerprint density at radius 3 is 2.00 bits per heavy atom. The van der Waals surface area contributed by atoms with Gasteiger partial charge >= 0.3 is 0 Å². The Bertz CT molecular complexity index is 180. The van der Waals surface area contributed by atoms with Crippen LogP contribution in [0.3, 0.4) is 0 Å². The van der Waals surface area contributed by atoms with Crippen molar-refractivity contribution >= 4 is 18.5 Å². The number of nitrogens with one attached hydrogen (secondary N) is 1. The Kier molecular flexibility index (Phi) is 4.30. The topological polar surface area (TPSA) is 29.1 Å². The van der Waals surface area contributed by atoms with Crippen molar-refractivity contribution in [2.75, 3.05) is 5.75 Å². The maximum absolute atomic E-state index is 11.7. The average Bonchev–Trinajstić information content (AvgIpc) is 2.02. The van der Waals surface area contributed by atoms with Gasteiger partial charge in [-0.3, -0.25) is 4.79 Å². The highest BCUT2D eigenvalue weighted by Crippen LogP contribution is 2.17. The fourth-order valence-electron chi connectivity index (χ4n) is 0.701. The fraction of sp³-hybridized carbons (Fsp3) is 0.900. The second-order valence-electron chi connectivity index (χ2n) is 4.78. The highest BCUT2D eigenvalue weighted by Gasteiger charge is 2.28. The molecular weight excluding hydrogens is 182 g/mol. The Morgan fingerprint density at radius 2 is 1.77 bits per heavy atom. The summed E-state index contributed by atoms with van der Waals surface area (Å²) in [5.41, 5.74) is -0.493. The molecule has 1 N–H and O–H groups in total. The van der Waals surface area contributed by atoms with Crippen LogP contribution in [0.15, 0.2) is 0 Å². The van der Waals surface area contributed by atoms with E-state index in [0.29, 0.717) is 5.75 Å². The zero-order valence-corrected chi connectivity index (χ0v) is 10.2. The van der Waals surface area contributed by atoms with Crippen LogP contribution in [0.2, 0.25) is 0 Å². The van der Waals surface area contributed by atoms with E-state index < -0.39 is 0 Å². The van der Waals surface area contributed by atoms with Gasteiger partial charge in [0.25, 0.3) is 0 Å². The first-order valence-electron chi connectivity index (χ1n) is 4.68. The van der Waals surface area contributed by atoms with Gasteiger partial charge in [-0.2, -0.15) is 12.6 Å². The lowest BCUT2D eigenvalue weighted by Gasteiger charge is -2.31. The molecule has 0 heterocycles. The van der Waals surface area contributed by atoms with Crippen LogP contribution in [0.25, 0.3) is 0 Å². The summed E-state index contributed by atoms with van der Waals surface area (Å²) in [6.07, 6.45) is 0.901. The number of amides is 1. The van der Waals surface area contributed by atoms with Crippen molar-refractivity contribution in [3.63, 3.8) is 0 Å². The van der Waals surface area contributed by atoms with Gasteiger partial charge in [0.05, 0.1) is 0 Å². The van der Waals surface area contributed by atoms with Crippen LogP contribution >= 0.6 is 12.6 Å². The van der Waals surface area contributed by atoms with Crippen LogP contribution < -0.4 is 5.32 Å². The molecule has 0 saturated heterocycles. The Labute approximate surface area is 86.9 Å². The molecule has 0 aromatic carbocycles. The van der Waals surface area contributed by atoms with Gasteiger partial charge in [0.15, 0.2) is 0 Å². The average molecular weight is 203 g/mol. The third kappa shape index (κ3) is 4.03. The monoisotopic (exact) mass is 203 g/mol. The molecule has 78 valence electrons. The van der Waals surface area contributed by atoms with Crippen molar-refractivity contribution in [1.29, 1.82) is 0 Å². The summed E-state index contributed by atoms with van der Waals surface area (Å²) in [5, 5.41) is 3.02. The summed E-state index contributed by atoms with van der Waals surface area (Å²) in [6.45, 7) is 9.81. The number of carbonyl (C=O) groups is 1. The Balaban J connectivity index is 4.35. The minimum Gasteiger partial charge on any atom is -0.350 e. The van der Waals surface area contributed by atoms with Crippen LogP contribution in [0.5, 0.6) is 0 Å². The van der Waals surface area contributed by atoms with Crippen LogP contribution in [0.1, 0.15) is 41.0 Å². The highest BCUT2D eigenvalue weighted by molar-refractivity contribution is 7.80. The zero-order chi connectivity index (χ0) is 10.7. The molecule has 1 atom stereocenters. The summed E-state index contributed by atoms with van der Waals surface area (Å²) in [6, 6.07) is 0. The van der Waals surface area contributed by atoms with Crippen molar-refractivity contribution in [3.05, 3.63) is 0 Å². The first-order chi connectivity index (χ1) is 5.75. The molecule has 0 aromatic rings. The normalized spacial score (nSPS) is 16.5. The molecule has 3 heteroatoms. The molecule has 0 rings (SSSR count). The smallest absolute Gasteiger partial charge is 0.225 e. The lowest BCUT2D eigenvalue weighted by Crippen LogP contribution is -2.50. The quantitative estimate of drug-likeness (QED) is 0.677. The summed E-state index contributed by atoms with van der Waals surface area (Å²) >= 11 is 4.24. The van der Waals surface area contributed by atoms with Crippen molar-refractivity contribution in [2.45, 2.75) is 46.6 Å². The highest BCUT2D eigenvalue weighted by atomic mass is 32.1. The third-order valence-corrected chi connectivity index (χ3v) is 2.92. The minimum absolute atomic E-state index is 0.0888. The molecule has 0 fully saturated rings. The van der Waals surface area contributed by atoms with Gasteiger partial charge in [-0.15, -0.1) is 0 Å². The lowest BCUT2D eigenvalue weighted by molar-refractivity contribution is -0.130. The summed E-state index contributed by atoms with van der Waals surface area (Å²) in [4.78, 5) is 11.7. The number of rotatable bonds is 3.